The number of unbranched alkanes of at least 4 members (excludes halogenated alkanes) is 2. The molecule has 1 heterocycles. The fraction of sp³-hybridized carbons (Fsp3) is 0.619. The zero-order chi connectivity index (χ0) is 22.8. The first-order chi connectivity index (χ1) is 14.5. The van der Waals surface area contributed by atoms with E-state index in [-0.39, 0.29) is 35.8 Å². The fourth-order valence-corrected chi connectivity index (χ4v) is 4.85. The SMILES string of the molecule is CC(C)COc1cc(C2CC2(CCCCCS(N)(=O)=O)N2CC(=O)NC2=O)ccc1F. The normalized spacial score (nSPS) is 23.4. The maximum atomic E-state index is 14.2. The van der Waals surface area contributed by atoms with Gasteiger partial charge >= 0.3 is 6.03 Å². The van der Waals surface area contributed by atoms with Gasteiger partial charge in [-0.15, -0.1) is 0 Å². The summed E-state index contributed by atoms with van der Waals surface area (Å²) in [4.78, 5) is 25.7. The molecule has 2 aliphatic rings. The number of imide groups is 1. The van der Waals surface area contributed by atoms with Crippen LogP contribution >= 0.6 is 0 Å². The number of nitrogens with zero attached hydrogens (tertiary/aromatic N) is 1. The summed E-state index contributed by atoms with van der Waals surface area (Å²) in [5.41, 5.74) is 0.308. The molecule has 0 radical (unpaired) electrons. The molecule has 1 aromatic rings. The molecule has 1 saturated heterocycles. The molecule has 0 spiro atoms. The van der Waals surface area contributed by atoms with Crippen LogP contribution in [0.25, 0.3) is 0 Å². The molecule has 1 saturated carbocycles. The number of nitrogens with one attached hydrogen (secondary N) is 1. The van der Waals surface area contributed by atoms with Crippen LogP contribution in [0.2, 0.25) is 0 Å². The van der Waals surface area contributed by atoms with Crippen molar-refractivity contribution in [3.05, 3.63) is 29.6 Å². The molecule has 172 valence electrons. The Morgan fingerprint density at radius 2 is 2.03 bits per heavy atom. The first-order valence-electron chi connectivity index (χ1n) is 10.6. The summed E-state index contributed by atoms with van der Waals surface area (Å²) in [5.74, 6) is -0.482. The van der Waals surface area contributed by atoms with Crippen molar-refractivity contribution in [2.45, 2.75) is 57.4 Å². The number of benzene rings is 1. The Morgan fingerprint density at radius 3 is 2.65 bits per heavy atom. The summed E-state index contributed by atoms with van der Waals surface area (Å²) in [7, 11) is -3.50. The summed E-state index contributed by atoms with van der Waals surface area (Å²) in [6, 6.07) is 4.33. The standard InChI is InChI=1S/C21H30FN3O5S/c1-14(2)13-30-18-10-15(6-7-17(18)22)16-11-21(16,25-12-19(26)24-20(25)27)8-4-3-5-9-31(23,28)29/h6-7,10,14,16H,3-5,8-9,11-13H2,1-2H3,(H2,23,28,29)(H,24,26,27). The number of hydrogen-bond acceptors (Lipinski definition) is 5. The van der Waals surface area contributed by atoms with Crippen LogP contribution in [0, 0.1) is 11.7 Å². The molecule has 1 aromatic carbocycles. The molecule has 1 aliphatic carbocycles. The highest BCUT2D eigenvalue weighted by Crippen LogP contribution is 2.59. The van der Waals surface area contributed by atoms with Crippen molar-refractivity contribution in [1.82, 2.24) is 10.2 Å². The van der Waals surface area contributed by atoms with Crippen LogP contribution in [0.5, 0.6) is 5.75 Å². The number of nitrogens with two attached hydrogens (primary N) is 1. The van der Waals surface area contributed by atoms with E-state index in [1.54, 1.807) is 17.0 Å². The van der Waals surface area contributed by atoms with E-state index in [4.69, 9.17) is 9.88 Å². The molecule has 8 nitrogen and oxygen atoms in total. The third-order valence-electron chi connectivity index (χ3n) is 5.85. The summed E-state index contributed by atoms with van der Waals surface area (Å²) in [6.45, 7) is 4.34. The average Bonchev–Trinajstić information content (AvgIpc) is 3.29. The van der Waals surface area contributed by atoms with Gasteiger partial charge in [0.2, 0.25) is 15.9 Å². The topological polar surface area (TPSA) is 119 Å². The van der Waals surface area contributed by atoms with Gasteiger partial charge in [0.25, 0.3) is 0 Å². The molecule has 3 N–H and O–H groups in total. The molecule has 0 bridgehead atoms. The van der Waals surface area contributed by atoms with Crippen molar-refractivity contribution in [3.8, 4) is 5.75 Å². The van der Waals surface area contributed by atoms with Crippen LogP contribution in [0.15, 0.2) is 18.2 Å². The molecule has 31 heavy (non-hydrogen) atoms. The van der Waals surface area contributed by atoms with Gasteiger partial charge in [0.15, 0.2) is 11.6 Å². The fourth-order valence-electron chi connectivity index (χ4n) is 4.25. The number of sulfonamides is 1. The molecule has 3 rings (SSSR count). The molecule has 1 aliphatic heterocycles. The second-order valence-electron chi connectivity index (χ2n) is 8.87. The number of primary sulfonamides is 1. The maximum absolute atomic E-state index is 14.2. The lowest BCUT2D eigenvalue weighted by atomic mass is 9.98. The van der Waals surface area contributed by atoms with E-state index in [1.165, 1.54) is 6.07 Å². The molecule has 10 heteroatoms. The summed E-state index contributed by atoms with van der Waals surface area (Å²) in [5, 5.41) is 7.37. The maximum Gasteiger partial charge on any atom is 0.325 e. The lowest BCUT2D eigenvalue weighted by molar-refractivity contribution is -0.118. The second kappa shape index (κ2) is 9.12. The zero-order valence-electron chi connectivity index (χ0n) is 17.9. The Hall–Kier alpha value is -2.20. The van der Waals surface area contributed by atoms with Crippen LogP contribution in [0.4, 0.5) is 9.18 Å². The molecular weight excluding hydrogens is 425 g/mol. The third kappa shape index (κ3) is 5.74. The highest BCUT2D eigenvalue weighted by Gasteiger charge is 2.61. The summed E-state index contributed by atoms with van der Waals surface area (Å²) >= 11 is 0. The molecule has 2 atom stereocenters. The molecule has 2 fully saturated rings. The smallest absolute Gasteiger partial charge is 0.325 e. The van der Waals surface area contributed by atoms with Crippen LogP contribution in [0.1, 0.15) is 57.4 Å². The first kappa shape index (κ1) is 23.5. The zero-order valence-corrected chi connectivity index (χ0v) is 18.7. The highest BCUT2D eigenvalue weighted by atomic mass is 32.2. The minimum Gasteiger partial charge on any atom is -0.490 e. The second-order valence-corrected chi connectivity index (χ2v) is 10.6. The predicted molar refractivity (Wildman–Crippen MR) is 114 cm³/mol. The number of rotatable bonds is 11. The monoisotopic (exact) mass is 455 g/mol. The molecule has 3 amide bonds. The number of ether oxygens (including phenoxy) is 1. The van der Waals surface area contributed by atoms with Crippen LogP contribution in [-0.2, 0) is 14.8 Å². The van der Waals surface area contributed by atoms with E-state index < -0.39 is 27.4 Å². The van der Waals surface area contributed by atoms with E-state index in [2.05, 4.69) is 5.32 Å². The van der Waals surface area contributed by atoms with Crippen LogP contribution < -0.4 is 15.2 Å². The largest absolute Gasteiger partial charge is 0.490 e. The Bertz CT molecular complexity index is 952. The van der Waals surface area contributed by atoms with E-state index in [0.717, 1.165) is 5.56 Å². The van der Waals surface area contributed by atoms with Gasteiger partial charge < -0.3 is 9.64 Å². The highest BCUT2D eigenvalue weighted by molar-refractivity contribution is 7.89. The van der Waals surface area contributed by atoms with Crippen LogP contribution in [-0.4, -0.2) is 49.7 Å². The lowest BCUT2D eigenvalue weighted by Crippen LogP contribution is -2.41. The van der Waals surface area contributed by atoms with Crippen molar-refractivity contribution in [1.29, 1.82) is 0 Å². The van der Waals surface area contributed by atoms with Gasteiger partial charge in [0.1, 0.15) is 6.54 Å². The summed E-state index contributed by atoms with van der Waals surface area (Å²) in [6.07, 6.45) is 3.03. The van der Waals surface area contributed by atoms with Crippen molar-refractivity contribution in [3.63, 3.8) is 0 Å². The van der Waals surface area contributed by atoms with Gasteiger partial charge in [-0.3, -0.25) is 10.1 Å². The Balaban J connectivity index is 1.74. The minimum atomic E-state index is -3.50. The van der Waals surface area contributed by atoms with Gasteiger partial charge in [0.05, 0.1) is 17.9 Å². The molecular formula is C21H30FN3O5S. The van der Waals surface area contributed by atoms with Crippen molar-refractivity contribution in [2.24, 2.45) is 11.1 Å². The average molecular weight is 456 g/mol. The molecule has 2 unspecified atom stereocenters. The van der Waals surface area contributed by atoms with E-state index in [1.807, 2.05) is 13.8 Å². The Kier molecular flexibility index (Phi) is 6.90. The third-order valence-corrected chi connectivity index (χ3v) is 6.70. The van der Waals surface area contributed by atoms with Crippen molar-refractivity contribution in [2.75, 3.05) is 18.9 Å². The lowest BCUT2D eigenvalue weighted by Gasteiger charge is -2.28. The van der Waals surface area contributed by atoms with Gasteiger partial charge in [-0.1, -0.05) is 32.8 Å². The number of carbonyl (C=O) groups excluding carboxylic acids is 2. The Labute approximate surface area is 182 Å². The van der Waals surface area contributed by atoms with Gasteiger partial charge in [-0.2, -0.15) is 0 Å². The van der Waals surface area contributed by atoms with E-state index >= 15 is 0 Å². The first-order valence-corrected chi connectivity index (χ1v) is 12.3. The van der Waals surface area contributed by atoms with Gasteiger partial charge in [0, 0.05) is 5.92 Å². The Morgan fingerprint density at radius 1 is 1.29 bits per heavy atom. The van der Waals surface area contributed by atoms with Crippen molar-refractivity contribution < 1.29 is 27.1 Å². The van der Waals surface area contributed by atoms with Crippen molar-refractivity contribution >= 4 is 22.0 Å². The molecule has 0 aromatic heterocycles. The predicted octanol–water partition coefficient (Wildman–Crippen LogP) is 2.49. The number of halogens is 1. The van der Waals surface area contributed by atoms with E-state index in [9.17, 15) is 22.4 Å². The van der Waals surface area contributed by atoms with E-state index in [0.29, 0.717) is 38.7 Å². The van der Waals surface area contributed by atoms with Gasteiger partial charge in [-0.25, -0.2) is 22.7 Å². The minimum absolute atomic E-state index is 0.00951. The number of amides is 3. The number of hydrogen-bond donors (Lipinski definition) is 2. The van der Waals surface area contributed by atoms with Crippen LogP contribution in [0.3, 0.4) is 0 Å². The van der Waals surface area contributed by atoms with Gasteiger partial charge in [-0.05, 0) is 42.9 Å². The number of urea groups is 1. The summed E-state index contributed by atoms with van der Waals surface area (Å²) < 4.78 is 42.0. The number of carbonyl (C=O) groups is 2. The quantitative estimate of drug-likeness (QED) is 0.392.